The maximum Gasteiger partial charge on any atom is 0.220 e. The molecule has 2 rings (SSSR count). The minimum Gasteiger partial charge on any atom is -0.489 e. The molecular weight excluding hydrogens is 283 g/mol. The fourth-order valence-electron chi connectivity index (χ4n) is 1.92. The maximum atomic E-state index is 12.8. The van der Waals surface area contributed by atoms with Crippen LogP contribution in [-0.4, -0.2) is 23.5 Å². The largest absolute Gasteiger partial charge is 0.489 e. The molecule has 0 fully saturated rings. The smallest absolute Gasteiger partial charge is 0.220 e. The Bertz CT molecular complexity index is 587. The Morgan fingerprint density at radius 3 is 2.73 bits per heavy atom. The molecule has 0 spiro atoms. The number of pyridine rings is 1. The van der Waals surface area contributed by atoms with Crippen molar-refractivity contribution in [2.24, 2.45) is 0 Å². The van der Waals surface area contributed by atoms with E-state index in [2.05, 4.69) is 10.3 Å². The monoisotopic (exact) mass is 302 g/mol. The van der Waals surface area contributed by atoms with Crippen molar-refractivity contribution in [3.8, 4) is 5.75 Å². The Balaban J connectivity index is 1.68. The highest BCUT2D eigenvalue weighted by Crippen LogP contribution is 2.12. The molecule has 1 aromatic heterocycles. The molecule has 22 heavy (non-hydrogen) atoms. The van der Waals surface area contributed by atoms with Gasteiger partial charge >= 0.3 is 0 Å². The lowest BCUT2D eigenvalue weighted by Crippen LogP contribution is -2.33. The third-order valence-corrected chi connectivity index (χ3v) is 3.07. The highest BCUT2D eigenvalue weighted by atomic mass is 19.1. The van der Waals surface area contributed by atoms with Crippen molar-refractivity contribution in [3.05, 3.63) is 60.2 Å². The lowest BCUT2D eigenvalue weighted by molar-refractivity contribution is -0.121. The van der Waals surface area contributed by atoms with Gasteiger partial charge in [0.15, 0.2) is 0 Å². The van der Waals surface area contributed by atoms with Crippen LogP contribution >= 0.6 is 0 Å². The number of carbonyl (C=O) groups is 1. The number of hydrogen-bond acceptors (Lipinski definition) is 3. The van der Waals surface area contributed by atoms with Gasteiger partial charge in [0.1, 0.15) is 17.7 Å². The van der Waals surface area contributed by atoms with Crippen LogP contribution in [0.3, 0.4) is 0 Å². The number of benzene rings is 1. The van der Waals surface area contributed by atoms with Crippen LogP contribution < -0.4 is 10.1 Å². The van der Waals surface area contributed by atoms with Gasteiger partial charge in [-0.1, -0.05) is 6.07 Å². The summed E-state index contributed by atoms with van der Waals surface area (Å²) in [6, 6.07) is 11.5. The van der Waals surface area contributed by atoms with E-state index in [0.717, 1.165) is 5.69 Å². The molecular formula is C17H19FN2O2. The van der Waals surface area contributed by atoms with Crippen molar-refractivity contribution in [3.63, 3.8) is 0 Å². The fourth-order valence-corrected chi connectivity index (χ4v) is 1.92. The van der Waals surface area contributed by atoms with Gasteiger partial charge < -0.3 is 10.1 Å². The van der Waals surface area contributed by atoms with Gasteiger partial charge in [0.2, 0.25) is 5.91 Å². The van der Waals surface area contributed by atoms with E-state index >= 15 is 0 Å². The molecule has 116 valence electrons. The molecule has 1 amide bonds. The van der Waals surface area contributed by atoms with Crippen molar-refractivity contribution in [2.45, 2.75) is 25.9 Å². The van der Waals surface area contributed by atoms with E-state index in [1.165, 1.54) is 12.1 Å². The quantitative estimate of drug-likeness (QED) is 0.855. The first-order valence-corrected chi connectivity index (χ1v) is 7.22. The molecule has 0 aliphatic rings. The van der Waals surface area contributed by atoms with Crippen molar-refractivity contribution in [1.29, 1.82) is 0 Å². The minimum absolute atomic E-state index is 0.0415. The van der Waals surface area contributed by atoms with Gasteiger partial charge in [-0.05, 0) is 49.7 Å². The highest BCUT2D eigenvalue weighted by molar-refractivity contribution is 5.76. The Morgan fingerprint density at radius 1 is 1.27 bits per heavy atom. The number of aryl methyl sites for hydroxylation is 1. The van der Waals surface area contributed by atoms with E-state index in [1.54, 1.807) is 18.3 Å². The first kappa shape index (κ1) is 15.9. The number of halogens is 1. The van der Waals surface area contributed by atoms with E-state index in [0.29, 0.717) is 25.1 Å². The first-order chi connectivity index (χ1) is 10.6. The van der Waals surface area contributed by atoms with E-state index in [4.69, 9.17) is 4.74 Å². The van der Waals surface area contributed by atoms with Crippen LogP contribution in [0.5, 0.6) is 5.75 Å². The minimum atomic E-state index is -0.303. The number of rotatable bonds is 7. The van der Waals surface area contributed by atoms with Crippen molar-refractivity contribution >= 4 is 5.91 Å². The van der Waals surface area contributed by atoms with Crippen LogP contribution in [0.25, 0.3) is 0 Å². The van der Waals surface area contributed by atoms with Crippen molar-refractivity contribution in [1.82, 2.24) is 10.3 Å². The van der Waals surface area contributed by atoms with Gasteiger partial charge in [-0.3, -0.25) is 9.78 Å². The normalized spacial score (nSPS) is 11.7. The highest BCUT2D eigenvalue weighted by Gasteiger charge is 2.07. The summed E-state index contributed by atoms with van der Waals surface area (Å²) in [7, 11) is 0. The molecule has 1 heterocycles. The average Bonchev–Trinajstić information content (AvgIpc) is 2.54. The zero-order valence-electron chi connectivity index (χ0n) is 12.5. The Hall–Kier alpha value is -2.43. The fraction of sp³-hybridized carbons (Fsp3) is 0.294. The third-order valence-electron chi connectivity index (χ3n) is 3.07. The number of hydrogen-bond donors (Lipinski definition) is 1. The van der Waals surface area contributed by atoms with Gasteiger partial charge in [-0.15, -0.1) is 0 Å². The summed E-state index contributed by atoms with van der Waals surface area (Å²) in [6.45, 7) is 2.25. The summed E-state index contributed by atoms with van der Waals surface area (Å²) in [5.74, 6) is 0.236. The van der Waals surface area contributed by atoms with Gasteiger partial charge in [-0.25, -0.2) is 4.39 Å². The van der Waals surface area contributed by atoms with Crippen molar-refractivity contribution in [2.75, 3.05) is 6.54 Å². The Morgan fingerprint density at radius 2 is 2.05 bits per heavy atom. The molecule has 1 aromatic carbocycles. The van der Waals surface area contributed by atoms with Crippen LogP contribution in [0.15, 0.2) is 48.7 Å². The van der Waals surface area contributed by atoms with Crippen LogP contribution in [0.2, 0.25) is 0 Å². The summed E-state index contributed by atoms with van der Waals surface area (Å²) >= 11 is 0. The summed E-state index contributed by atoms with van der Waals surface area (Å²) in [5, 5.41) is 2.82. The molecule has 2 aromatic rings. The average molecular weight is 302 g/mol. The molecule has 0 aliphatic carbocycles. The van der Waals surface area contributed by atoms with Crippen molar-refractivity contribution < 1.29 is 13.9 Å². The Labute approximate surface area is 129 Å². The molecule has 1 atom stereocenters. The first-order valence-electron chi connectivity index (χ1n) is 7.22. The summed E-state index contributed by atoms with van der Waals surface area (Å²) in [5.41, 5.74) is 0.897. The lowest BCUT2D eigenvalue weighted by Gasteiger charge is -2.15. The van der Waals surface area contributed by atoms with Crippen LogP contribution in [0, 0.1) is 5.82 Å². The van der Waals surface area contributed by atoms with E-state index in [1.807, 2.05) is 25.1 Å². The lowest BCUT2D eigenvalue weighted by atomic mass is 10.2. The van der Waals surface area contributed by atoms with Gasteiger partial charge in [0, 0.05) is 18.3 Å². The number of aromatic nitrogens is 1. The third kappa shape index (κ3) is 5.52. The summed E-state index contributed by atoms with van der Waals surface area (Å²) in [6.07, 6.45) is 2.52. The summed E-state index contributed by atoms with van der Waals surface area (Å²) in [4.78, 5) is 15.9. The molecule has 1 N–H and O–H groups in total. The number of nitrogens with one attached hydrogen (secondary N) is 1. The maximum absolute atomic E-state index is 12.8. The zero-order chi connectivity index (χ0) is 15.8. The second kappa shape index (κ2) is 8.12. The predicted molar refractivity (Wildman–Crippen MR) is 82.1 cm³/mol. The summed E-state index contributed by atoms with van der Waals surface area (Å²) < 4.78 is 18.4. The SMILES string of the molecule is C[C@H](CNC(=O)CCc1ccccn1)Oc1ccc(F)cc1. The molecule has 4 nitrogen and oxygen atoms in total. The predicted octanol–water partition coefficient (Wildman–Crippen LogP) is 2.74. The molecule has 0 radical (unpaired) electrons. The number of amides is 1. The number of ether oxygens (including phenoxy) is 1. The zero-order valence-corrected chi connectivity index (χ0v) is 12.5. The topological polar surface area (TPSA) is 51.2 Å². The molecule has 0 unspecified atom stereocenters. The Kier molecular flexibility index (Phi) is 5.89. The molecule has 0 saturated carbocycles. The van der Waals surface area contributed by atoms with E-state index < -0.39 is 0 Å². The van der Waals surface area contributed by atoms with Crippen LogP contribution in [0.1, 0.15) is 19.0 Å². The van der Waals surface area contributed by atoms with Gasteiger partial charge in [-0.2, -0.15) is 0 Å². The molecule has 0 aliphatic heterocycles. The standard InChI is InChI=1S/C17H19FN2O2/c1-13(22-16-8-5-14(18)6-9-16)12-20-17(21)10-7-15-4-2-3-11-19-15/h2-6,8-9,11,13H,7,10,12H2,1H3,(H,20,21)/t13-/m1/s1. The second-order valence-electron chi connectivity index (χ2n) is 5.01. The molecule has 0 bridgehead atoms. The molecule has 0 saturated heterocycles. The van der Waals surface area contributed by atoms with E-state index in [-0.39, 0.29) is 17.8 Å². The number of carbonyl (C=O) groups excluding carboxylic acids is 1. The van der Waals surface area contributed by atoms with Crippen LogP contribution in [-0.2, 0) is 11.2 Å². The molecule has 5 heteroatoms. The second-order valence-corrected chi connectivity index (χ2v) is 5.01. The van der Waals surface area contributed by atoms with Gasteiger partial charge in [0.05, 0.1) is 6.54 Å². The van der Waals surface area contributed by atoms with Gasteiger partial charge in [0.25, 0.3) is 0 Å². The van der Waals surface area contributed by atoms with Crippen LogP contribution in [0.4, 0.5) is 4.39 Å². The van der Waals surface area contributed by atoms with E-state index in [9.17, 15) is 9.18 Å². The number of nitrogens with zero attached hydrogens (tertiary/aromatic N) is 1.